The Balaban J connectivity index is 1.71. The maximum atomic E-state index is 12.6. The molecule has 0 aliphatic carbocycles. The molecular formula is C15H22N4O2+2. The fraction of sp³-hybridized carbons (Fsp3) is 0.467. The van der Waals surface area contributed by atoms with E-state index in [2.05, 4.69) is 12.4 Å². The summed E-state index contributed by atoms with van der Waals surface area (Å²) >= 11 is 0. The van der Waals surface area contributed by atoms with Crippen molar-refractivity contribution in [3.8, 4) is 0 Å². The number of fused-ring (bicyclic) bond motifs is 1. The highest BCUT2D eigenvalue weighted by molar-refractivity contribution is 6.10. The smallest absolute Gasteiger partial charge is 0.282 e. The van der Waals surface area contributed by atoms with Crippen LogP contribution >= 0.6 is 0 Å². The summed E-state index contributed by atoms with van der Waals surface area (Å²) in [6.07, 6.45) is 0. The molecule has 2 heterocycles. The van der Waals surface area contributed by atoms with Gasteiger partial charge in [0, 0.05) is 0 Å². The minimum Gasteiger partial charge on any atom is -0.328 e. The molecular weight excluding hydrogens is 268 g/mol. The van der Waals surface area contributed by atoms with E-state index in [-0.39, 0.29) is 18.4 Å². The summed E-state index contributed by atoms with van der Waals surface area (Å²) in [5.74, 6) is -0.0910. The van der Waals surface area contributed by atoms with Gasteiger partial charge >= 0.3 is 0 Å². The molecule has 1 saturated heterocycles. The average molecular weight is 290 g/mol. The van der Waals surface area contributed by atoms with E-state index in [1.165, 1.54) is 9.80 Å². The zero-order valence-electron chi connectivity index (χ0n) is 12.3. The number of hydrogen-bond acceptors (Lipinski definition) is 2. The first-order chi connectivity index (χ1) is 10.1. The van der Waals surface area contributed by atoms with Crippen LogP contribution in [0.25, 0.3) is 0 Å². The van der Waals surface area contributed by atoms with Gasteiger partial charge in [-0.25, -0.2) is 0 Å². The molecule has 21 heavy (non-hydrogen) atoms. The number of nitrogens with zero attached hydrogens (tertiary/aromatic N) is 1. The van der Waals surface area contributed by atoms with E-state index in [9.17, 15) is 9.59 Å². The van der Waals surface area contributed by atoms with E-state index in [0.717, 1.165) is 37.6 Å². The van der Waals surface area contributed by atoms with Crippen LogP contribution < -0.4 is 20.0 Å². The number of likely N-dealkylation sites (N-methyl/N-ethyl adjacent to an activating group) is 1. The van der Waals surface area contributed by atoms with Gasteiger partial charge in [-0.2, -0.15) is 0 Å². The lowest BCUT2D eigenvalue weighted by Gasteiger charge is -2.31. The highest BCUT2D eigenvalue weighted by Crippen LogP contribution is 2.28. The number of carbonyl (C=O) groups is 2. The van der Waals surface area contributed by atoms with Crippen molar-refractivity contribution in [1.82, 2.24) is 0 Å². The monoisotopic (exact) mass is 290 g/mol. The molecule has 1 fully saturated rings. The van der Waals surface area contributed by atoms with Crippen LogP contribution in [0, 0.1) is 0 Å². The Bertz CT molecular complexity index is 552. The van der Waals surface area contributed by atoms with Crippen molar-refractivity contribution < 1.29 is 19.4 Å². The van der Waals surface area contributed by atoms with E-state index >= 15 is 0 Å². The number of rotatable bonds is 2. The van der Waals surface area contributed by atoms with E-state index in [1.807, 2.05) is 24.3 Å². The maximum Gasteiger partial charge on any atom is 0.282 e. The molecule has 2 aliphatic rings. The molecule has 2 aliphatic heterocycles. The highest BCUT2D eigenvalue weighted by atomic mass is 16.2. The molecule has 3 N–H and O–H groups in total. The Morgan fingerprint density at radius 1 is 1.24 bits per heavy atom. The molecule has 0 radical (unpaired) electrons. The molecule has 0 spiro atoms. The molecule has 112 valence electrons. The standard InChI is InChI=1S/C15H20N4O2/c1-17-6-8-18(9-7-17)11-15(21)19-10-14(20)16-12-4-2-3-5-13(12)19/h2-5H,6-11H2,1H3,(H,16,20)/p+2. The molecule has 0 atom stereocenters. The molecule has 6 heteroatoms. The van der Waals surface area contributed by atoms with Crippen LogP contribution in [0.1, 0.15) is 0 Å². The molecule has 1 aromatic rings. The van der Waals surface area contributed by atoms with Crippen LogP contribution in [-0.4, -0.2) is 58.1 Å². The number of benzene rings is 1. The molecule has 0 saturated carbocycles. The summed E-state index contributed by atoms with van der Waals surface area (Å²) in [5.41, 5.74) is 1.53. The summed E-state index contributed by atoms with van der Waals surface area (Å²) in [6, 6.07) is 7.47. The fourth-order valence-corrected chi connectivity index (χ4v) is 2.97. The number of piperazine rings is 1. The summed E-state index contributed by atoms with van der Waals surface area (Å²) in [4.78, 5) is 28.8. The third-order valence-corrected chi connectivity index (χ3v) is 4.28. The molecule has 2 amide bonds. The number of carbonyl (C=O) groups excluding carboxylic acids is 2. The normalized spacial score (nSPS) is 25.2. The van der Waals surface area contributed by atoms with Crippen LogP contribution in [0.15, 0.2) is 24.3 Å². The molecule has 0 unspecified atom stereocenters. The Morgan fingerprint density at radius 3 is 2.71 bits per heavy atom. The highest BCUT2D eigenvalue weighted by Gasteiger charge is 2.30. The zero-order valence-corrected chi connectivity index (χ0v) is 12.3. The van der Waals surface area contributed by atoms with E-state index in [0.29, 0.717) is 6.54 Å². The number of para-hydroxylation sites is 2. The van der Waals surface area contributed by atoms with Gasteiger partial charge in [0.1, 0.15) is 32.7 Å². The Kier molecular flexibility index (Phi) is 3.90. The van der Waals surface area contributed by atoms with Crippen LogP contribution in [0.2, 0.25) is 0 Å². The van der Waals surface area contributed by atoms with Gasteiger partial charge in [0.05, 0.1) is 18.4 Å². The second kappa shape index (κ2) is 5.83. The van der Waals surface area contributed by atoms with Crippen molar-refractivity contribution in [2.75, 3.05) is 56.5 Å². The molecule has 1 aromatic carbocycles. The minimum atomic E-state index is -0.125. The van der Waals surface area contributed by atoms with Gasteiger partial charge in [-0.15, -0.1) is 0 Å². The summed E-state index contributed by atoms with van der Waals surface area (Å²) in [7, 11) is 2.18. The van der Waals surface area contributed by atoms with Crippen LogP contribution in [0.4, 0.5) is 11.4 Å². The first-order valence-electron chi connectivity index (χ1n) is 7.47. The zero-order chi connectivity index (χ0) is 14.8. The van der Waals surface area contributed by atoms with Gasteiger partial charge in [0.2, 0.25) is 5.91 Å². The van der Waals surface area contributed by atoms with E-state index in [4.69, 9.17) is 0 Å². The predicted molar refractivity (Wildman–Crippen MR) is 79.6 cm³/mol. The number of amides is 2. The van der Waals surface area contributed by atoms with Crippen molar-refractivity contribution in [2.24, 2.45) is 0 Å². The molecule has 6 nitrogen and oxygen atoms in total. The topological polar surface area (TPSA) is 58.3 Å². The second-order valence-electron chi connectivity index (χ2n) is 5.93. The summed E-state index contributed by atoms with van der Waals surface area (Å²) in [6.45, 7) is 4.81. The number of quaternary nitrogens is 2. The number of nitrogens with one attached hydrogen (secondary N) is 3. The second-order valence-corrected chi connectivity index (χ2v) is 5.93. The third kappa shape index (κ3) is 3.06. The van der Waals surface area contributed by atoms with Crippen molar-refractivity contribution in [1.29, 1.82) is 0 Å². The van der Waals surface area contributed by atoms with Crippen LogP contribution in [0.3, 0.4) is 0 Å². The maximum absolute atomic E-state index is 12.6. The van der Waals surface area contributed by atoms with Crippen molar-refractivity contribution in [3.05, 3.63) is 24.3 Å². The van der Waals surface area contributed by atoms with Gasteiger partial charge in [-0.3, -0.25) is 14.5 Å². The Morgan fingerprint density at radius 2 is 1.95 bits per heavy atom. The lowest BCUT2D eigenvalue weighted by molar-refractivity contribution is -1.000. The Labute approximate surface area is 124 Å². The first kappa shape index (κ1) is 14.0. The lowest BCUT2D eigenvalue weighted by atomic mass is 10.2. The van der Waals surface area contributed by atoms with E-state index < -0.39 is 0 Å². The largest absolute Gasteiger partial charge is 0.328 e. The summed E-state index contributed by atoms with van der Waals surface area (Å²) in [5, 5.41) is 2.81. The minimum absolute atomic E-state index is 0.0341. The molecule has 0 bridgehead atoms. The van der Waals surface area contributed by atoms with Gasteiger partial charge in [-0.05, 0) is 12.1 Å². The molecule has 0 aromatic heterocycles. The summed E-state index contributed by atoms with van der Waals surface area (Å²) < 4.78 is 0. The van der Waals surface area contributed by atoms with Crippen LogP contribution in [-0.2, 0) is 9.59 Å². The van der Waals surface area contributed by atoms with E-state index in [1.54, 1.807) is 4.90 Å². The van der Waals surface area contributed by atoms with Gasteiger partial charge in [0.25, 0.3) is 5.91 Å². The van der Waals surface area contributed by atoms with Crippen molar-refractivity contribution >= 4 is 23.2 Å². The SMILES string of the molecule is C[NH+]1CC[NH+](CC(=O)N2CC(=O)Nc3ccccc32)CC1. The third-order valence-electron chi connectivity index (χ3n) is 4.28. The number of anilines is 2. The van der Waals surface area contributed by atoms with Gasteiger partial charge < -0.3 is 15.1 Å². The number of hydrogen-bond donors (Lipinski definition) is 3. The predicted octanol–water partition coefficient (Wildman–Crippen LogP) is -2.62. The van der Waals surface area contributed by atoms with Gasteiger partial charge in [-0.1, -0.05) is 12.1 Å². The lowest BCUT2D eigenvalue weighted by Crippen LogP contribution is -3.27. The van der Waals surface area contributed by atoms with Gasteiger partial charge in [0.15, 0.2) is 6.54 Å². The molecule has 3 rings (SSSR count). The fourth-order valence-electron chi connectivity index (χ4n) is 2.97. The average Bonchev–Trinajstić information content (AvgIpc) is 2.48. The quantitative estimate of drug-likeness (QED) is 0.559. The van der Waals surface area contributed by atoms with Crippen molar-refractivity contribution in [3.63, 3.8) is 0 Å². The van der Waals surface area contributed by atoms with Crippen molar-refractivity contribution in [2.45, 2.75) is 0 Å². The first-order valence-corrected chi connectivity index (χ1v) is 7.47. The Hall–Kier alpha value is -1.92. The van der Waals surface area contributed by atoms with Crippen LogP contribution in [0.5, 0.6) is 0 Å².